The van der Waals surface area contributed by atoms with E-state index in [2.05, 4.69) is 39.9 Å². The minimum atomic E-state index is 0.592. The maximum atomic E-state index is 3.90. The van der Waals surface area contributed by atoms with Crippen LogP contribution in [0.15, 0.2) is 30.6 Å². The van der Waals surface area contributed by atoms with Crippen LogP contribution in [0.3, 0.4) is 0 Å². The zero-order chi connectivity index (χ0) is 12.4. The summed E-state index contributed by atoms with van der Waals surface area (Å²) in [4.78, 5) is 0. The molecule has 2 aromatic rings. The van der Waals surface area contributed by atoms with E-state index in [1.54, 1.807) is 11.0 Å². The highest BCUT2D eigenvalue weighted by Gasteiger charge is 2.22. The lowest BCUT2D eigenvalue weighted by Crippen LogP contribution is -2.21. The lowest BCUT2D eigenvalue weighted by atomic mass is 10.1. The normalized spacial score (nSPS) is 23.2. The van der Waals surface area contributed by atoms with Gasteiger partial charge in [-0.05, 0) is 47.4 Å². The van der Waals surface area contributed by atoms with Crippen molar-refractivity contribution < 1.29 is 0 Å². The van der Waals surface area contributed by atoms with Crippen LogP contribution >= 0.6 is 0 Å². The van der Waals surface area contributed by atoms with Crippen molar-refractivity contribution in [2.24, 2.45) is 5.92 Å². The first kappa shape index (κ1) is 11.2. The molecule has 1 fully saturated rings. The Bertz CT molecular complexity index is 508. The highest BCUT2D eigenvalue weighted by atomic mass is 15.5. The van der Waals surface area contributed by atoms with Crippen LogP contribution in [0.25, 0.3) is 5.69 Å². The van der Waals surface area contributed by atoms with Gasteiger partial charge in [-0.25, -0.2) is 4.68 Å². The van der Waals surface area contributed by atoms with E-state index in [9.17, 15) is 0 Å². The first-order chi connectivity index (χ1) is 8.83. The van der Waals surface area contributed by atoms with Crippen LogP contribution in [0.1, 0.15) is 26.2 Å². The summed E-state index contributed by atoms with van der Waals surface area (Å²) in [5.41, 5.74) is 2.12. The van der Waals surface area contributed by atoms with Gasteiger partial charge in [0.1, 0.15) is 6.33 Å². The Balaban J connectivity index is 1.79. The number of anilines is 1. The predicted molar refractivity (Wildman–Crippen MR) is 69.6 cm³/mol. The molecule has 0 spiro atoms. The van der Waals surface area contributed by atoms with Gasteiger partial charge >= 0.3 is 0 Å². The monoisotopic (exact) mass is 243 g/mol. The molecule has 0 radical (unpaired) electrons. The van der Waals surface area contributed by atoms with E-state index < -0.39 is 0 Å². The van der Waals surface area contributed by atoms with Crippen LogP contribution < -0.4 is 5.32 Å². The molecule has 0 aliphatic heterocycles. The van der Waals surface area contributed by atoms with Gasteiger partial charge in [-0.15, -0.1) is 5.10 Å². The molecule has 94 valence electrons. The topological polar surface area (TPSA) is 55.6 Å². The molecule has 3 rings (SSSR count). The molecule has 1 N–H and O–H groups in total. The molecule has 2 atom stereocenters. The summed E-state index contributed by atoms with van der Waals surface area (Å²) in [5.74, 6) is 0.752. The Morgan fingerprint density at radius 2 is 2.28 bits per heavy atom. The van der Waals surface area contributed by atoms with Crippen molar-refractivity contribution in [3.8, 4) is 5.69 Å². The number of nitrogens with one attached hydrogen (secondary N) is 1. The molecular weight excluding hydrogens is 226 g/mol. The summed E-state index contributed by atoms with van der Waals surface area (Å²) in [6.07, 6.45) is 5.52. The summed E-state index contributed by atoms with van der Waals surface area (Å²) in [5, 5.41) is 14.8. The second-order valence-corrected chi connectivity index (χ2v) is 4.96. The lowest BCUT2D eigenvalue weighted by molar-refractivity contribution is 0.556. The molecule has 0 bridgehead atoms. The summed E-state index contributed by atoms with van der Waals surface area (Å²) in [7, 11) is 0. The van der Waals surface area contributed by atoms with E-state index in [-0.39, 0.29) is 0 Å². The third-order valence-electron chi connectivity index (χ3n) is 3.67. The molecule has 1 aromatic carbocycles. The summed E-state index contributed by atoms with van der Waals surface area (Å²) in [6, 6.07) is 8.80. The second-order valence-electron chi connectivity index (χ2n) is 4.96. The number of hydrogen-bond donors (Lipinski definition) is 1. The van der Waals surface area contributed by atoms with E-state index in [0.29, 0.717) is 6.04 Å². The average molecular weight is 243 g/mol. The van der Waals surface area contributed by atoms with Crippen LogP contribution in [0.4, 0.5) is 5.69 Å². The van der Waals surface area contributed by atoms with E-state index in [1.165, 1.54) is 19.3 Å². The van der Waals surface area contributed by atoms with Gasteiger partial charge in [-0.3, -0.25) is 0 Å². The fourth-order valence-corrected chi connectivity index (χ4v) is 2.59. The van der Waals surface area contributed by atoms with Crippen LogP contribution in [0.2, 0.25) is 0 Å². The third kappa shape index (κ3) is 2.20. The first-order valence-electron chi connectivity index (χ1n) is 6.43. The molecular formula is C13H17N5. The molecule has 5 nitrogen and oxygen atoms in total. The molecule has 0 amide bonds. The first-order valence-corrected chi connectivity index (χ1v) is 6.43. The number of benzene rings is 1. The minimum absolute atomic E-state index is 0.592. The Morgan fingerprint density at radius 1 is 1.33 bits per heavy atom. The number of nitrogens with zero attached hydrogens (tertiary/aromatic N) is 4. The van der Waals surface area contributed by atoms with Gasteiger partial charge in [0.25, 0.3) is 0 Å². The molecule has 1 aliphatic carbocycles. The fraction of sp³-hybridized carbons (Fsp3) is 0.462. The molecule has 0 saturated heterocycles. The van der Waals surface area contributed by atoms with Crippen molar-refractivity contribution in [2.75, 3.05) is 5.32 Å². The van der Waals surface area contributed by atoms with Crippen molar-refractivity contribution >= 4 is 5.69 Å². The Morgan fingerprint density at radius 3 is 3.00 bits per heavy atom. The summed E-state index contributed by atoms with van der Waals surface area (Å²) < 4.78 is 1.67. The SMILES string of the molecule is CC1CCCC1Nc1cccc(-n2cnnn2)c1. The highest BCUT2D eigenvalue weighted by Crippen LogP contribution is 2.28. The molecule has 2 unspecified atom stereocenters. The van der Waals surface area contributed by atoms with Crippen LogP contribution in [0.5, 0.6) is 0 Å². The maximum Gasteiger partial charge on any atom is 0.143 e. The van der Waals surface area contributed by atoms with Gasteiger partial charge in [-0.1, -0.05) is 19.4 Å². The zero-order valence-electron chi connectivity index (χ0n) is 10.5. The van der Waals surface area contributed by atoms with Crippen LogP contribution in [-0.4, -0.2) is 26.2 Å². The van der Waals surface area contributed by atoms with Gasteiger partial charge in [0, 0.05) is 11.7 Å². The summed E-state index contributed by atoms with van der Waals surface area (Å²) >= 11 is 0. The number of aromatic nitrogens is 4. The van der Waals surface area contributed by atoms with E-state index in [0.717, 1.165) is 17.3 Å². The smallest absolute Gasteiger partial charge is 0.143 e. The van der Waals surface area contributed by atoms with Crippen molar-refractivity contribution in [2.45, 2.75) is 32.2 Å². The van der Waals surface area contributed by atoms with Crippen LogP contribution in [0, 0.1) is 5.92 Å². The molecule has 1 heterocycles. The number of tetrazole rings is 1. The largest absolute Gasteiger partial charge is 0.382 e. The third-order valence-corrected chi connectivity index (χ3v) is 3.67. The van der Waals surface area contributed by atoms with E-state index in [4.69, 9.17) is 0 Å². The molecule has 1 aliphatic rings. The van der Waals surface area contributed by atoms with Crippen molar-refractivity contribution in [1.29, 1.82) is 0 Å². The number of rotatable bonds is 3. The molecule has 18 heavy (non-hydrogen) atoms. The Kier molecular flexibility index (Phi) is 2.96. The quantitative estimate of drug-likeness (QED) is 0.898. The van der Waals surface area contributed by atoms with E-state index in [1.807, 2.05) is 12.1 Å². The Hall–Kier alpha value is -1.91. The summed E-state index contributed by atoms with van der Waals surface area (Å²) in [6.45, 7) is 2.32. The molecule has 1 saturated carbocycles. The van der Waals surface area contributed by atoms with Crippen LogP contribution in [-0.2, 0) is 0 Å². The van der Waals surface area contributed by atoms with Crippen molar-refractivity contribution in [3.63, 3.8) is 0 Å². The zero-order valence-corrected chi connectivity index (χ0v) is 10.5. The minimum Gasteiger partial charge on any atom is -0.382 e. The van der Waals surface area contributed by atoms with Gasteiger partial charge in [0.05, 0.1) is 5.69 Å². The standard InChI is InChI=1S/C13H17N5/c1-10-4-2-7-13(10)15-11-5-3-6-12(8-11)18-9-14-16-17-18/h3,5-6,8-10,13,15H,2,4,7H2,1H3. The maximum absolute atomic E-state index is 3.90. The predicted octanol–water partition coefficient (Wildman–Crippen LogP) is 2.26. The van der Waals surface area contributed by atoms with E-state index >= 15 is 0 Å². The second kappa shape index (κ2) is 4.76. The average Bonchev–Trinajstić information content (AvgIpc) is 3.02. The highest BCUT2D eigenvalue weighted by molar-refractivity contribution is 5.51. The van der Waals surface area contributed by atoms with Gasteiger partial charge in [0.2, 0.25) is 0 Å². The van der Waals surface area contributed by atoms with Crippen molar-refractivity contribution in [1.82, 2.24) is 20.2 Å². The molecule has 5 heteroatoms. The van der Waals surface area contributed by atoms with Gasteiger partial charge in [-0.2, -0.15) is 0 Å². The van der Waals surface area contributed by atoms with Crippen molar-refractivity contribution in [3.05, 3.63) is 30.6 Å². The molecule has 1 aromatic heterocycles. The number of hydrogen-bond acceptors (Lipinski definition) is 4. The Labute approximate surface area is 106 Å². The fourth-order valence-electron chi connectivity index (χ4n) is 2.59. The lowest BCUT2D eigenvalue weighted by Gasteiger charge is -2.19. The van der Waals surface area contributed by atoms with Gasteiger partial charge < -0.3 is 5.32 Å². The van der Waals surface area contributed by atoms with Gasteiger partial charge in [0.15, 0.2) is 0 Å².